The maximum absolute atomic E-state index is 11.8. The van der Waals surface area contributed by atoms with Crippen molar-refractivity contribution in [1.82, 2.24) is 15.5 Å². The fourth-order valence-electron chi connectivity index (χ4n) is 1.27. The highest BCUT2D eigenvalue weighted by molar-refractivity contribution is 5.84. The van der Waals surface area contributed by atoms with E-state index in [4.69, 9.17) is 14.9 Å². The van der Waals surface area contributed by atoms with E-state index in [-0.39, 0.29) is 36.3 Å². The van der Waals surface area contributed by atoms with E-state index in [0.717, 1.165) is 0 Å². The smallest absolute Gasteiger partial charge is 0.396 e. The maximum atomic E-state index is 11.8. The van der Waals surface area contributed by atoms with Gasteiger partial charge in [0, 0.05) is 0 Å². The number of hydrogen-bond acceptors (Lipinski definition) is 7. The Hall–Kier alpha value is -1.96. The van der Waals surface area contributed by atoms with Crippen LogP contribution in [0.3, 0.4) is 0 Å². The van der Waals surface area contributed by atoms with Crippen LogP contribution in [0.25, 0.3) is 0 Å². The van der Waals surface area contributed by atoms with Crippen molar-refractivity contribution < 1.29 is 18.7 Å². The van der Waals surface area contributed by atoms with Crippen LogP contribution < -0.4 is 11.1 Å². The number of carbonyl (C=O) groups excluding carboxylic acids is 2. The van der Waals surface area contributed by atoms with Gasteiger partial charge < -0.3 is 20.2 Å². The highest BCUT2D eigenvalue weighted by Gasteiger charge is 2.27. The van der Waals surface area contributed by atoms with Crippen LogP contribution in [0, 0.1) is 5.41 Å². The molecule has 0 aliphatic carbocycles. The molecule has 3 N–H and O–H groups in total. The second-order valence-electron chi connectivity index (χ2n) is 5.28. The molecule has 0 unspecified atom stereocenters. The Morgan fingerprint density at radius 3 is 2.60 bits per heavy atom. The van der Waals surface area contributed by atoms with Gasteiger partial charge in [-0.05, 0) is 12.3 Å². The molecule has 20 heavy (non-hydrogen) atoms. The summed E-state index contributed by atoms with van der Waals surface area (Å²) in [6.45, 7) is 7.49. The second-order valence-corrected chi connectivity index (χ2v) is 5.28. The Morgan fingerprint density at radius 2 is 2.05 bits per heavy atom. The van der Waals surface area contributed by atoms with E-state index in [0.29, 0.717) is 0 Å². The van der Waals surface area contributed by atoms with Crippen molar-refractivity contribution in [2.75, 3.05) is 6.61 Å². The van der Waals surface area contributed by atoms with Crippen molar-refractivity contribution in [3.63, 3.8) is 0 Å². The van der Waals surface area contributed by atoms with Crippen molar-refractivity contribution in [2.45, 2.75) is 40.3 Å². The van der Waals surface area contributed by atoms with E-state index in [1.807, 2.05) is 20.8 Å². The largest absolute Gasteiger partial charge is 0.459 e. The Kier molecular flexibility index (Phi) is 5.20. The summed E-state index contributed by atoms with van der Waals surface area (Å²) >= 11 is 0. The zero-order valence-electron chi connectivity index (χ0n) is 12.1. The van der Waals surface area contributed by atoms with Crippen LogP contribution in [0.5, 0.6) is 0 Å². The molecule has 0 saturated heterocycles. The molecule has 0 aromatic carbocycles. The van der Waals surface area contributed by atoms with Gasteiger partial charge in [0.2, 0.25) is 11.8 Å². The van der Waals surface area contributed by atoms with E-state index < -0.39 is 12.0 Å². The molecule has 0 saturated carbocycles. The van der Waals surface area contributed by atoms with Gasteiger partial charge in [0.25, 0.3) is 0 Å². The third-order valence-corrected chi connectivity index (χ3v) is 2.55. The van der Waals surface area contributed by atoms with E-state index in [1.165, 1.54) is 0 Å². The molecule has 0 radical (unpaired) electrons. The molecular formula is C12H20N4O4. The summed E-state index contributed by atoms with van der Waals surface area (Å²) in [4.78, 5) is 23.1. The minimum absolute atomic E-state index is 0.00895. The number of esters is 1. The van der Waals surface area contributed by atoms with Crippen LogP contribution in [-0.4, -0.2) is 34.7 Å². The second kappa shape index (κ2) is 6.47. The van der Waals surface area contributed by atoms with Crippen molar-refractivity contribution in [2.24, 2.45) is 11.1 Å². The van der Waals surface area contributed by atoms with Gasteiger partial charge in [-0.1, -0.05) is 20.8 Å². The van der Waals surface area contributed by atoms with Crippen molar-refractivity contribution in [3.05, 3.63) is 11.8 Å². The lowest BCUT2D eigenvalue weighted by Crippen LogP contribution is -2.48. The number of nitrogens with zero attached hydrogens (tertiary/aromatic N) is 2. The molecule has 0 aliphatic heterocycles. The van der Waals surface area contributed by atoms with Gasteiger partial charge >= 0.3 is 11.9 Å². The monoisotopic (exact) mass is 284 g/mol. The number of nitrogens with two attached hydrogens (primary N) is 1. The number of nitrogens with one attached hydrogen (secondary N) is 1. The number of hydrogen-bond donors (Lipinski definition) is 2. The van der Waals surface area contributed by atoms with Crippen LogP contribution in [-0.2, 0) is 16.1 Å². The first kappa shape index (κ1) is 16.1. The average molecular weight is 284 g/mol. The molecule has 0 fully saturated rings. The number of amides is 1. The highest BCUT2D eigenvalue weighted by Crippen LogP contribution is 2.17. The quantitative estimate of drug-likeness (QED) is 0.743. The SMILES string of the molecule is CCOC(=O)c1nnc(CNC(=O)[C@@H](N)C(C)(C)C)o1. The lowest BCUT2D eigenvalue weighted by molar-refractivity contribution is -0.124. The fraction of sp³-hybridized carbons (Fsp3) is 0.667. The zero-order chi connectivity index (χ0) is 15.3. The molecule has 1 rings (SSSR count). The van der Waals surface area contributed by atoms with Crippen LogP contribution in [0.4, 0.5) is 0 Å². The molecule has 112 valence electrons. The van der Waals surface area contributed by atoms with Gasteiger partial charge in [0.15, 0.2) is 0 Å². The first-order valence-electron chi connectivity index (χ1n) is 6.28. The molecule has 0 spiro atoms. The normalized spacial score (nSPS) is 12.8. The first-order valence-corrected chi connectivity index (χ1v) is 6.28. The summed E-state index contributed by atoms with van der Waals surface area (Å²) in [5, 5.41) is 9.75. The van der Waals surface area contributed by atoms with E-state index in [1.54, 1.807) is 6.92 Å². The lowest BCUT2D eigenvalue weighted by atomic mass is 9.87. The Morgan fingerprint density at radius 1 is 1.40 bits per heavy atom. The molecule has 1 aromatic rings. The third-order valence-electron chi connectivity index (χ3n) is 2.55. The number of rotatable bonds is 5. The van der Waals surface area contributed by atoms with Crippen molar-refractivity contribution in [1.29, 1.82) is 0 Å². The minimum atomic E-state index is -0.691. The summed E-state index contributed by atoms with van der Waals surface area (Å²) < 4.78 is 9.77. The number of ether oxygens (including phenoxy) is 1. The maximum Gasteiger partial charge on any atom is 0.396 e. The molecule has 8 nitrogen and oxygen atoms in total. The Bertz CT molecular complexity index is 478. The first-order chi connectivity index (χ1) is 9.25. The van der Waals surface area contributed by atoms with Crippen molar-refractivity contribution in [3.8, 4) is 0 Å². The molecular weight excluding hydrogens is 264 g/mol. The molecule has 1 atom stereocenters. The van der Waals surface area contributed by atoms with E-state index >= 15 is 0 Å². The molecule has 1 aromatic heterocycles. The zero-order valence-corrected chi connectivity index (χ0v) is 12.1. The van der Waals surface area contributed by atoms with Crippen LogP contribution >= 0.6 is 0 Å². The van der Waals surface area contributed by atoms with Gasteiger partial charge in [-0.25, -0.2) is 4.79 Å². The predicted molar refractivity (Wildman–Crippen MR) is 69.5 cm³/mol. The van der Waals surface area contributed by atoms with Gasteiger partial charge in [-0.3, -0.25) is 4.79 Å². The van der Waals surface area contributed by atoms with E-state index in [2.05, 4.69) is 15.5 Å². The summed E-state index contributed by atoms with van der Waals surface area (Å²) in [6, 6.07) is -0.657. The summed E-state index contributed by atoms with van der Waals surface area (Å²) in [6.07, 6.45) is 0. The van der Waals surface area contributed by atoms with Gasteiger partial charge in [-0.2, -0.15) is 0 Å². The number of carbonyl (C=O) groups is 2. The van der Waals surface area contributed by atoms with Crippen LogP contribution in [0.15, 0.2) is 4.42 Å². The third kappa shape index (κ3) is 4.30. The molecule has 0 bridgehead atoms. The predicted octanol–water partition coefficient (Wildman–Crippen LogP) is 0.236. The average Bonchev–Trinajstić information content (AvgIpc) is 2.83. The molecule has 1 heterocycles. The Labute approximate surface area is 117 Å². The van der Waals surface area contributed by atoms with Gasteiger partial charge in [-0.15, -0.1) is 10.2 Å². The van der Waals surface area contributed by atoms with Gasteiger partial charge in [0.05, 0.1) is 19.2 Å². The topological polar surface area (TPSA) is 120 Å². The Balaban J connectivity index is 2.55. The summed E-state index contributed by atoms with van der Waals surface area (Å²) in [5.74, 6) is -1.14. The molecule has 1 amide bonds. The highest BCUT2D eigenvalue weighted by atomic mass is 16.5. The summed E-state index contributed by atoms with van der Waals surface area (Å²) in [5.41, 5.74) is 5.45. The molecule has 8 heteroatoms. The number of aromatic nitrogens is 2. The molecule has 0 aliphatic rings. The fourth-order valence-corrected chi connectivity index (χ4v) is 1.27. The summed E-state index contributed by atoms with van der Waals surface area (Å²) in [7, 11) is 0. The van der Waals surface area contributed by atoms with Gasteiger partial charge in [0.1, 0.15) is 0 Å². The van der Waals surface area contributed by atoms with Crippen LogP contribution in [0.2, 0.25) is 0 Å². The van der Waals surface area contributed by atoms with Crippen molar-refractivity contribution >= 4 is 11.9 Å². The minimum Gasteiger partial charge on any atom is -0.459 e. The van der Waals surface area contributed by atoms with E-state index in [9.17, 15) is 9.59 Å². The van der Waals surface area contributed by atoms with Crippen LogP contribution in [0.1, 0.15) is 44.3 Å². The standard InChI is InChI=1S/C12H20N4O4/c1-5-19-11(18)10-16-15-7(20-10)6-14-9(17)8(13)12(2,3)4/h8H,5-6,13H2,1-4H3,(H,14,17)/t8-/m1/s1. The lowest BCUT2D eigenvalue weighted by Gasteiger charge is -2.25.